The Morgan fingerprint density at radius 1 is 1.10 bits per heavy atom. The molecular formula is C17H24N2O. The van der Waals surface area contributed by atoms with Gasteiger partial charge in [0.15, 0.2) is 0 Å². The highest BCUT2D eigenvalue weighted by Crippen LogP contribution is 2.37. The van der Waals surface area contributed by atoms with Crippen molar-refractivity contribution in [1.29, 1.82) is 0 Å². The van der Waals surface area contributed by atoms with Gasteiger partial charge >= 0.3 is 0 Å². The molecule has 0 amide bonds. The summed E-state index contributed by atoms with van der Waals surface area (Å²) >= 11 is 0. The van der Waals surface area contributed by atoms with E-state index in [2.05, 4.69) is 55.1 Å². The number of oxime groups is 1. The van der Waals surface area contributed by atoms with Crippen molar-refractivity contribution in [3.05, 3.63) is 35.9 Å². The van der Waals surface area contributed by atoms with E-state index < -0.39 is 0 Å². The van der Waals surface area contributed by atoms with Crippen LogP contribution in [-0.2, 0) is 4.84 Å². The van der Waals surface area contributed by atoms with Crippen LogP contribution >= 0.6 is 0 Å². The Bertz CT molecular complexity index is 493. The molecule has 2 aliphatic heterocycles. The minimum absolute atomic E-state index is 0.0487. The molecule has 3 heteroatoms. The number of piperidine rings is 1. The molecular weight excluding hydrogens is 248 g/mol. The van der Waals surface area contributed by atoms with Gasteiger partial charge in [-0.2, -0.15) is 0 Å². The standard InChI is InChI=1S/C17H24N2O/c1-16(2,3)19-11-9-17(10-12-19)13-15(18-20-17)14-7-5-4-6-8-14/h4-8H,9-13H2,1-3H3. The summed E-state index contributed by atoms with van der Waals surface area (Å²) in [5.74, 6) is 0. The van der Waals surface area contributed by atoms with E-state index in [1.165, 1.54) is 5.56 Å². The second-order valence-corrected chi connectivity index (χ2v) is 7.01. The van der Waals surface area contributed by atoms with Crippen LogP contribution in [0.1, 0.15) is 45.6 Å². The van der Waals surface area contributed by atoms with E-state index in [4.69, 9.17) is 4.84 Å². The molecule has 0 aliphatic carbocycles. The lowest BCUT2D eigenvalue weighted by molar-refractivity contribution is -0.0745. The zero-order chi connectivity index (χ0) is 14.2. The minimum atomic E-state index is -0.0487. The molecule has 1 aromatic rings. The van der Waals surface area contributed by atoms with Crippen molar-refractivity contribution in [2.75, 3.05) is 13.1 Å². The number of nitrogens with zero attached hydrogens (tertiary/aromatic N) is 2. The number of hydrogen-bond donors (Lipinski definition) is 0. The molecule has 2 heterocycles. The maximum absolute atomic E-state index is 5.87. The van der Waals surface area contributed by atoms with Crippen molar-refractivity contribution in [2.45, 2.75) is 51.2 Å². The van der Waals surface area contributed by atoms with Gasteiger partial charge in [0.05, 0.1) is 5.71 Å². The fourth-order valence-corrected chi connectivity index (χ4v) is 3.16. The summed E-state index contributed by atoms with van der Waals surface area (Å²) in [6.07, 6.45) is 3.10. The number of rotatable bonds is 1. The van der Waals surface area contributed by atoms with E-state index >= 15 is 0 Å². The summed E-state index contributed by atoms with van der Waals surface area (Å²) in [7, 11) is 0. The van der Waals surface area contributed by atoms with E-state index in [-0.39, 0.29) is 11.1 Å². The van der Waals surface area contributed by atoms with Crippen LogP contribution in [-0.4, -0.2) is 34.8 Å². The molecule has 2 aliphatic rings. The van der Waals surface area contributed by atoms with Crippen molar-refractivity contribution in [2.24, 2.45) is 5.16 Å². The van der Waals surface area contributed by atoms with E-state index in [9.17, 15) is 0 Å². The van der Waals surface area contributed by atoms with Gasteiger partial charge in [0.2, 0.25) is 0 Å². The average Bonchev–Trinajstić information content (AvgIpc) is 2.83. The third-order valence-corrected chi connectivity index (χ3v) is 4.57. The molecule has 0 bridgehead atoms. The molecule has 1 spiro atoms. The molecule has 0 atom stereocenters. The van der Waals surface area contributed by atoms with Crippen LogP contribution in [0.5, 0.6) is 0 Å². The second-order valence-electron chi connectivity index (χ2n) is 7.01. The van der Waals surface area contributed by atoms with Gasteiger partial charge in [0.1, 0.15) is 5.60 Å². The first-order chi connectivity index (χ1) is 9.49. The maximum atomic E-state index is 5.87. The summed E-state index contributed by atoms with van der Waals surface area (Å²) < 4.78 is 0. The van der Waals surface area contributed by atoms with E-state index in [0.717, 1.165) is 38.1 Å². The quantitative estimate of drug-likeness (QED) is 0.782. The minimum Gasteiger partial charge on any atom is -0.388 e. The SMILES string of the molecule is CC(C)(C)N1CCC2(CC1)CC(c1ccccc1)=NO2. The second kappa shape index (κ2) is 4.88. The Labute approximate surface area is 121 Å². The van der Waals surface area contributed by atoms with Gasteiger partial charge in [-0.25, -0.2) is 0 Å². The Morgan fingerprint density at radius 2 is 1.75 bits per heavy atom. The third-order valence-electron chi connectivity index (χ3n) is 4.57. The van der Waals surface area contributed by atoms with Crippen LogP contribution in [0.25, 0.3) is 0 Å². The fraction of sp³-hybridized carbons (Fsp3) is 0.588. The van der Waals surface area contributed by atoms with E-state index in [0.29, 0.717) is 0 Å². The van der Waals surface area contributed by atoms with Crippen molar-refractivity contribution < 1.29 is 4.84 Å². The first kappa shape index (κ1) is 13.6. The third kappa shape index (κ3) is 2.59. The molecule has 0 N–H and O–H groups in total. The van der Waals surface area contributed by atoms with Crippen molar-refractivity contribution in [3.8, 4) is 0 Å². The van der Waals surface area contributed by atoms with Gasteiger partial charge in [-0.05, 0) is 26.3 Å². The molecule has 1 fully saturated rings. The normalized spacial score (nSPS) is 22.6. The van der Waals surface area contributed by atoms with E-state index in [1.807, 2.05) is 6.07 Å². The highest BCUT2D eigenvalue weighted by Gasteiger charge is 2.43. The molecule has 3 rings (SSSR count). The molecule has 0 aromatic heterocycles. The predicted octanol–water partition coefficient (Wildman–Crippen LogP) is 3.44. The van der Waals surface area contributed by atoms with Gasteiger partial charge in [-0.15, -0.1) is 0 Å². The van der Waals surface area contributed by atoms with Crippen molar-refractivity contribution in [1.82, 2.24) is 4.90 Å². The van der Waals surface area contributed by atoms with Gasteiger partial charge in [-0.1, -0.05) is 35.5 Å². The highest BCUT2D eigenvalue weighted by atomic mass is 16.7. The number of likely N-dealkylation sites (tertiary alicyclic amines) is 1. The molecule has 0 saturated carbocycles. The van der Waals surface area contributed by atoms with Gasteiger partial charge in [-0.3, -0.25) is 4.90 Å². The van der Waals surface area contributed by atoms with Crippen LogP contribution in [0.3, 0.4) is 0 Å². The fourth-order valence-electron chi connectivity index (χ4n) is 3.16. The molecule has 0 radical (unpaired) electrons. The Kier molecular flexibility index (Phi) is 3.33. The van der Waals surface area contributed by atoms with Crippen molar-refractivity contribution >= 4 is 5.71 Å². The van der Waals surface area contributed by atoms with Crippen LogP contribution in [0, 0.1) is 0 Å². The largest absolute Gasteiger partial charge is 0.388 e. The summed E-state index contributed by atoms with van der Waals surface area (Å²) in [6.45, 7) is 9.05. The Balaban J connectivity index is 1.65. The first-order valence-corrected chi connectivity index (χ1v) is 7.54. The lowest BCUT2D eigenvalue weighted by Crippen LogP contribution is -2.51. The summed E-state index contributed by atoms with van der Waals surface area (Å²) in [4.78, 5) is 8.41. The molecule has 0 unspecified atom stereocenters. The van der Waals surface area contributed by atoms with Gasteiger partial charge in [0, 0.05) is 37.9 Å². The summed E-state index contributed by atoms with van der Waals surface area (Å²) in [5.41, 5.74) is 2.51. The van der Waals surface area contributed by atoms with Gasteiger partial charge < -0.3 is 4.84 Å². The average molecular weight is 272 g/mol. The molecule has 108 valence electrons. The van der Waals surface area contributed by atoms with Crippen LogP contribution in [0.15, 0.2) is 35.5 Å². The monoisotopic (exact) mass is 272 g/mol. The molecule has 1 saturated heterocycles. The zero-order valence-electron chi connectivity index (χ0n) is 12.7. The van der Waals surface area contributed by atoms with Crippen molar-refractivity contribution in [3.63, 3.8) is 0 Å². The molecule has 20 heavy (non-hydrogen) atoms. The predicted molar refractivity (Wildman–Crippen MR) is 82.0 cm³/mol. The number of hydrogen-bond acceptors (Lipinski definition) is 3. The van der Waals surface area contributed by atoms with Crippen LogP contribution in [0.4, 0.5) is 0 Å². The smallest absolute Gasteiger partial charge is 0.145 e. The molecule has 3 nitrogen and oxygen atoms in total. The highest BCUT2D eigenvalue weighted by molar-refractivity contribution is 6.01. The maximum Gasteiger partial charge on any atom is 0.145 e. The Morgan fingerprint density at radius 3 is 2.35 bits per heavy atom. The van der Waals surface area contributed by atoms with E-state index in [1.54, 1.807) is 0 Å². The topological polar surface area (TPSA) is 24.8 Å². The summed E-state index contributed by atoms with van der Waals surface area (Å²) in [5, 5.41) is 4.37. The number of benzene rings is 1. The zero-order valence-corrected chi connectivity index (χ0v) is 12.7. The lowest BCUT2D eigenvalue weighted by Gasteiger charge is -2.43. The van der Waals surface area contributed by atoms with Crippen LogP contribution in [0.2, 0.25) is 0 Å². The summed E-state index contributed by atoms with van der Waals surface area (Å²) in [6, 6.07) is 10.4. The molecule has 1 aromatic carbocycles. The Hall–Kier alpha value is -1.35. The van der Waals surface area contributed by atoms with Gasteiger partial charge in [0.25, 0.3) is 0 Å². The van der Waals surface area contributed by atoms with Crippen LogP contribution < -0.4 is 0 Å². The lowest BCUT2D eigenvalue weighted by atomic mass is 9.84. The first-order valence-electron chi connectivity index (χ1n) is 7.54.